The molecular formula is C13H22N8O2. The molecule has 0 bridgehead atoms. The van der Waals surface area contributed by atoms with E-state index >= 15 is 0 Å². The molecule has 10 nitrogen and oxygen atoms in total. The predicted octanol–water partition coefficient (Wildman–Crippen LogP) is -1.27. The second-order valence-corrected chi connectivity index (χ2v) is 5.37. The molecule has 0 saturated heterocycles. The smallest absolute Gasteiger partial charge is 0.332 e. The molecule has 5 N–H and O–H groups in total. The van der Waals surface area contributed by atoms with Crippen molar-refractivity contribution >= 4 is 17.0 Å². The van der Waals surface area contributed by atoms with E-state index in [-0.39, 0.29) is 11.2 Å². The zero-order valence-electron chi connectivity index (χ0n) is 13.3. The lowest BCUT2D eigenvalue weighted by Crippen LogP contribution is -2.39. The first kappa shape index (κ1) is 16.7. The van der Waals surface area contributed by atoms with E-state index in [1.54, 1.807) is 18.7 Å². The third-order valence-corrected chi connectivity index (χ3v) is 3.72. The lowest BCUT2D eigenvalue weighted by atomic mass is 10.2. The molecule has 23 heavy (non-hydrogen) atoms. The van der Waals surface area contributed by atoms with Gasteiger partial charge in [-0.3, -0.25) is 13.9 Å². The molecular weight excluding hydrogens is 300 g/mol. The fourth-order valence-corrected chi connectivity index (χ4v) is 2.49. The number of aryl methyl sites for hydroxylation is 2. The van der Waals surface area contributed by atoms with Crippen LogP contribution in [-0.2, 0) is 20.6 Å². The zero-order chi connectivity index (χ0) is 17.0. The molecule has 126 valence electrons. The van der Waals surface area contributed by atoms with Gasteiger partial charge in [-0.15, -0.1) is 0 Å². The number of imidazole rings is 1. The van der Waals surface area contributed by atoms with Crippen LogP contribution in [0.4, 0.5) is 0 Å². The predicted molar refractivity (Wildman–Crippen MR) is 87.6 cm³/mol. The van der Waals surface area contributed by atoms with E-state index in [0.29, 0.717) is 36.4 Å². The SMILES string of the molecule is Cn1cnc2c1c(=O)n(CCCCC/C(N)=N/NN)c(=O)n2C. The van der Waals surface area contributed by atoms with Gasteiger partial charge in [0.05, 0.1) is 6.33 Å². The fraction of sp³-hybridized carbons (Fsp3) is 0.538. The summed E-state index contributed by atoms with van der Waals surface area (Å²) in [4.78, 5) is 28.8. The van der Waals surface area contributed by atoms with Crippen molar-refractivity contribution in [3.8, 4) is 0 Å². The third kappa shape index (κ3) is 3.42. The first-order valence-corrected chi connectivity index (χ1v) is 7.36. The normalized spacial score (nSPS) is 12.0. The number of hydrogen-bond donors (Lipinski definition) is 3. The van der Waals surface area contributed by atoms with Gasteiger partial charge in [0, 0.05) is 27.1 Å². The summed E-state index contributed by atoms with van der Waals surface area (Å²) in [7, 11) is 3.35. The molecule has 0 saturated carbocycles. The third-order valence-electron chi connectivity index (χ3n) is 3.72. The highest BCUT2D eigenvalue weighted by Gasteiger charge is 2.14. The minimum atomic E-state index is -0.352. The van der Waals surface area contributed by atoms with Gasteiger partial charge in [-0.05, 0) is 12.8 Å². The summed E-state index contributed by atoms with van der Waals surface area (Å²) in [6.07, 6.45) is 4.46. The first-order chi connectivity index (χ1) is 11.0. The van der Waals surface area contributed by atoms with Gasteiger partial charge in [-0.1, -0.05) is 6.42 Å². The molecule has 2 heterocycles. The molecule has 0 unspecified atom stereocenters. The number of rotatable bonds is 7. The second kappa shape index (κ2) is 7.09. The van der Waals surface area contributed by atoms with Crippen LogP contribution in [0.2, 0.25) is 0 Å². The number of hydrazone groups is 1. The number of nitrogens with two attached hydrogens (primary N) is 2. The van der Waals surface area contributed by atoms with Crippen LogP contribution >= 0.6 is 0 Å². The molecule has 0 amide bonds. The number of hydrazine groups is 1. The molecule has 0 fully saturated rings. The van der Waals surface area contributed by atoms with Crippen molar-refractivity contribution in [2.24, 2.45) is 30.8 Å². The summed E-state index contributed by atoms with van der Waals surface area (Å²) in [6, 6.07) is 0. The average Bonchev–Trinajstić information content (AvgIpc) is 2.90. The van der Waals surface area contributed by atoms with Crippen LogP contribution in [0.25, 0.3) is 11.2 Å². The topological polar surface area (TPSA) is 138 Å². The van der Waals surface area contributed by atoms with Gasteiger partial charge in [0.1, 0.15) is 5.84 Å². The van der Waals surface area contributed by atoms with Crippen molar-refractivity contribution in [1.29, 1.82) is 0 Å². The summed E-state index contributed by atoms with van der Waals surface area (Å²) < 4.78 is 4.28. The van der Waals surface area contributed by atoms with Crippen molar-refractivity contribution in [3.05, 3.63) is 27.2 Å². The van der Waals surface area contributed by atoms with Crippen LogP contribution in [0.5, 0.6) is 0 Å². The van der Waals surface area contributed by atoms with E-state index < -0.39 is 0 Å². The number of amidine groups is 1. The molecule has 0 aliphatic heterocycles. The van der Waals surface area contributed by atoms with Crippen LogP contribution in [0.3, 0.4) is 0 Å². The lowest BCUT2D eigenvalue weighted by Gasteiger charge is -2.08. The molecule has 2 aromatic heterocycles. The number of unbranched alkanes of at least 4 members (excludes halogenated alkanes) is 2. The summed E-state index contributed by atoms with van der Waals surface area (Å²) in [5, 5.41) is 3.66. The summed E-state index contributed by atoms with van der Waals surface area (Å²) >= 11 is 0. The monoisotopic (exact) mass is 322 g/mol. The first-order valence-electron chi connectivity index (χ1n) is 7.36. The Balaban J connectivity index is 2.09. The molecule has 0 aliphatic rings. The van der Waals surface area contributed by atoms with E-state index in [4.69, 9.17) is 11.6 Å². The van der Waals surface area contributed by atoms with Gasteiger partial charge in [-0.25, -0.2) is 21.2 Å². The van der Waals surface area contributed by atoms with Crippen LogP contribution in [0.15, 0.2) is 21.0 Å². The minimum absolute atomic E-state index is 0.309. The standard InChI is InChI=1S/C13H22N8O2/c1-19-8-16-11-10(19)12(22)21(13(23)20(11)2)7-5-3-4-6-9(14)17-18-15/h8,18H,3-7,15H2,1-2H3,(H2,14,17). The Kier molecular flexibility index (Phi) is 5.16. The van der Waals surface area contributed by atoms with Crippen molar-refractivity contribution in [2.75, 3.05) is 0 Å². The molecule has 0 atom stereocenters. The van der Waals surface area contributed by atoms with E-state index in [2.05, 4.69) is 15.6 Å². The maximum Gasteiger partial charge on any atom is 0.332 e. The highest BCUT2D eigenvalue weighted by atomic mass is 16.2. The minimum Gasteiger partial charge on any atom is -0.386 e. The van der Waals surface area contributed by atoms with Crippen LogP contribution in [-0.4, -0.2) is 24.5 Å². The zero-order valence-corrected chi connectivity index (χ0v) is 13.3. The number of aromatic nitrogens is 4. The Morgan fingerprint density at radius 2 is 2.04 bits per heavy atom. The van der Waals surface area contributed by atoms with Crippen molar-refractivity contribution in [2.45, 2.75) is 32.2 Å². The van der Waals surface area contributed by atoms with Gasteiger partial charge in [0.15, 0.2) is 11.2 Å². The van der Waals surface area contributed by atoms with Crippen LogP contribution in [0, 0.1) is 0 Å². The Hall–Kier alpha value is -2.62. The summed E-state index contributed by atoms with van der Waals surface area (Å²) in [5.41, 5.74) is 7.91. The quantitative estimate of drug-likeness (QED) is 0.191. The van der Waals surface area contributed by atoms with Crippen molar-refractivity contribution in [3.63, 3.8) is 0 Å². The number of nitrogens with zero attached hydrogens (tertiary/aromatic N) is 5. The highest BCUT2D eigenvalue weighted by Crippen LogP contribution is 2.04. The van der Waals surface area contributed by atoms with Gasteiger partial charge >= 0.3 is 5.69 Å². The maximum absolute atomic E-state index is 12.5. The largest absolute Gasteiger partial charge is 0.386 e. The van der Waals surface area contributed by atoms with E-state index in [9.17, 15) is 9.59 Å². The number of hydrogen-bond acceptors (Lipinski definition) is 6. The Morgan fingerprint density at radius 1 is 1.30 bits per heavy atom. The molecule has 10 heteroatoms. The van der Waals surface area contributed by atoms with Gasteiger partial charge in [0.2, 0.25) is 0 Å². The van der Waals surface area contributed by atoms with E-state index in [1.807, 2.05) is 0 Å². The highest BCUT2D eigenvalue weighted by molar-refractivity contribution is 5.79. The Morgan fingerprint density at radius 3 is 2.74 bits per heavy atom. The Labute approximate surface area is 132 Å². The molecule has 0 radical (unpaired) electrons. The van der Waals surface area contributed by atoms with E-state index in [1.165, 1.54) is 15.5 Å². The van der Waals surface area contributed by atoms with Gasteiger partial charge in [-0.2, -0.15) is 5.10 Å². The van der Waals surface area contributed by atoms with Gasteiger partial charge < -0.3 is 10.3 Å². The number of fused-ring (bicyclic) bond motifs is 1. The summed E-state index contributed by atoms with van der Waals surface area (Å²) in [6.45, 7) is 0.360. The fourth-order valence-electron chi connectivity index (χ4n) is 2.49. The van der Waals surface area contributed by atoms with Gasteiger partial charge in [0.25, 0.3) is 5.56 Å². The molecule has 0 aliphatic carbocycles. The summed E-state index contributed by atoms with van der Waals surface area (Å²) in [5.74, 6) is 5.46. The van der Waals surface area contributed by atoms with Crippen LogP contribution in [0.1, 0.15) is 25.7 Å². The number of nitrogens with one attached hydrogen (secondary N) is 1. The van der Waals surface area contributed by atoms with Crippen molar-refractivity contribution < 1.29 is 0 Å². The maximum atomic E-state index is 12.5. The Bertz CT molecular complexity index is 829. The molecule has 0 aromatic carbocycles. The molecule has 2 rings (SSSR count). The average molecular weight is 322 g/mol. The van der Waals surface area contributed by atoms with Crippen molar-refractivity contribution in [1.82, 2.24) is 24.2 Å². The molecule has 0 spiro atoms. The molecule has 2 aromatic rings. The van der Waals surface area contributed by atoms with E-state index in [0.717, 1.165) is 12.8 Å². The van der Waals surface area contributed by atoms with Crippen LogP contribution < -0.4 is 28.4 Å². The second-order valence-electron chi connectivity index (χ2n) is 5.37. The lowest BCUT2D eigenvalue weighted by molar-refractivity contribution is 0.544.